The summed E-state index contributed by atoms with van der Waals surface area (Å²) in [6, 6.07) is 30.1. The van der Waals surface area contributed by atoms with Crippen molar-refractivity contribution in [2.75, 3.05) is 16.4 Å². The molecule has 0 heterocycles. The predicted octanol–water partition coefficient (Wildman–Crippen LogP) is 11.8. The number of hydrogen-bond acceptors (Lipinski definition) is 3. The van der Waals surface area contributed by atoms with Crippen LogP contribution in [0.3, 0.4) is 0 Å². The molecule has 1 amide bonds. The summed E-state index contributed by atoms with van der Waals surface area (Å²) in [5.41, 5.74) is 11.3. The average molecular weight is 786 g/mol. The lowest BCUT2D eigenvalue weighted by Crippen LogP contribution is -2.14. The minimum absolute atomic E-state index is 0.0878. The largest absolute Gasteiger partial charge is 0.398 e. The third-order valence-corrected chi connectivity index (χ3v) is 7.55. The van der Waals surface area contributed by atoms with E-state index in [9.17, 15) is 9.59 Å². The molecule has 0 saturated carbocycles. The van der Waals surface area contributed by atoms with E-state index in [0.29, 0.717) is 11.1 Å². The summed E-state index contributed by atoms with van der Waals surface area (Å²) in [5.74, 6) is -0.102. The van der Waals surface area contributed by atoms with E-state index in [4.69, 9.17) is 40.5 Å². The molecule has 0 saturated heterocycles. The number of amides is 1. The molecule has 0 fully saturated rings. The van der Waals surface area contributed by atoms with Crippen molar-refractivity contribution in [3.63, 3.8) is 0 Å². The van der Waals surface area contributed by atoms with Gasteiger partial charge in [0.1, 0.15) is 0 Å². The van der Waals surface area contributed by atoms with Gasteiger partial charge in [-0.15, -0.1) is 23.2 Å². The SMILES string of the molecule is CC(C)(C)c1ccc(N)c(Br)c1.CC(C)(C)c1ccc(NC(=O)c2ccccc2)c(Br)c1.ClCCl.O=C(Cl)c1ccccc1. The Kier molecular flexibility index (Phi) is 17.3. The van der Waals surface area contributed by atoms with E-state index in [-0.39, 0.29) is 22.1 Å². The Morgan fingerprint density at radius 1 is 0.682 bits per heavy atom. The maximum absolute atomic E-state index is 12.1. The van der Waals surface area contributed by atoms with Gasteiger partial charge < -0.3 is 11.1 Å². The minimum atomic E-state index is -0.407. The fourth-order valence-corrected chi connectivity index (χ4v) is 4.41. The summed E-state index contributed by atoms with van der Waals surface area (Å²) in [6.45, 7) is 13.0. The summed E-state index contributed by atoms with van der Waals surface area (Å²) >= 11 is 21.6. The maximum atomic E-state index is 12.1. The first-order valence-electron chi connectivity index (χ1n) is 13.6. The lowest BCUT2D eigenvalue weighted by Gasteiger charge is -2.20. The van der Waals surface area contributed by atoms with Crippen LogP contribution in [0.15, 0.2) is 106 Å². The Hall–Kier alpha value is -2.35. The van der Waals surface area contributed by atoms with Gasteiger partial charge in [-0.3, -0.25) is 9.59 Å². The van der Waals surface area contributed by atoms with Crippen LogP contribution < -0.4 is 11.1 Å². The highest BCUT2D eigenvalue weighted by molar-refractivity contribution is 9.11. The number of nitrogens with two attached hydrogens (primary N) is 1. The van der Waals surface area contributed by atoms with Crippen LogP contribution in [-0.4, -0.2) is 16.5 Å². The molecule has 4 aromatic carbocycles. The fourth-order valence-electron chi connectivity index (χ4n) is 3.43. The molecule has 0 aromatic heterocycles. The zero-order valence-corrected chi connectivity index (χ0v) is 31.2. The monoisotopic (exact) mass is 782 g/mol. The van der Waals surface area contributed by atoms with E-state index < -0.39 is 5.24 Å². The second-order valence-electron chi connectivity index (χ2n) is 11.5. The number of carbonyl (C=O) groups excluding carboxylic acids is 2. The van der Waals surface area contributed by atoms with Crippen LogP contribution in [0.1, 0.15) is 73.4 Å². The first-order valence-corrected chi connectivity index (χ1v) is 16.6. The molecule has 0 unspecified atom stereocenters. The number of benzene rings is 4. The minimum Gasteiger partial charge on any atom is -0.398 e. The molecule has 0 aliphatic rings. The summed E-state index contributed by atoms with van der Waals surface area (Å²) in [7, 11) is 0. The van der Waals surface area contributed by atoms with Crippen LogP contribution >= 0.6 is 66.7 Å². The van der Waals surface area contributed by atoms with Gasteiger partial charge in [-0.2, -0.15) is 0 Å². The Balaban J connectivity index is 0.000000342. The quantitative estimate of drug-likeness (QED) is 0.123. The molecule has 3 N–H and O–H groups in total. The zero-order valence-electron chi connectivity index (χ0n) is 25.7. The van der Waals surface area contributed by atoms with Gasteiger partial charge in [0.15, 0.2) is 0 Å². The fraction of sp³-hybridized carbons (Fsp3) is 0.257. The summed E-state index contributed by atoms with van der Waals surface area (Å²) in [5, 5.41) is 2.71. The number of nitrogen functional groups attached to an aromatic ring is 1. The van der Waals surface area contributed by atoms with Crippen LogP contribution in [0.4, 0.5) is 11.4 Å². The van der Waals surface area contributed by atoms with E-state index in [2.05, 4.69) is 96.9 Å². The molecule has 4 rings (SSSR count). The zero-order chi connectivity index (χ0) is 33.5. The van der Waals surface area contributed by atoms with Crippen molar-refractivity contribution < 1.29 is 9.59 Å². The second kappa shape index (κ2) is 19.2. The van der Waals surface area contributed by atoms with Crippen molar-refractivity contribution in [2.24, 2.45) is 0 Å². The third kappa shape index (κ3) is 14.6. The van der Waals surface area contributed by atoms with Crippen LogP contribution in [0.2, 0.25) is 0 Å². The lowest BCUT2D eigenvalue weighted by atomic mass is 9.87. The second-order valence-corrected chi connectivity index (χ2v) is 14.4. The predicted molar refractivity (Wildman–Crippen MR) is 198 cm³/mol. The molecule has 236 valence electrons. The van der Waals surface area contributed by atoms with Crippen molar-refractivity contribution >= 4 is 89.2 Å². The number of nitrogens with one attached hydrogen (secondary N) is 1. The van der Waals surface area contributed by atoms with Crippen molar-refractivity contribution in [2.45, 2.75) is 52.4 Å². The summed E-state index contributed by atoms with van der Waals surface area (Å²) in [6.07, 6.45) is 0. The molecule has 0 aliphatic carbocycles. The van der Waals surface area contributed by atoms with Gasteiger partial charge in [-0.25, -0.2) is 0 Å². The van der Waals surface area contributed by atoms with Crippen molar-refractivity contribution in [3.8, 4) is 0 Å². The van der Waals surface area contributed by atoms with E-state index >= 15 is 0 Å². The highest BCUT2D eigenvalue weighted by Gasteiger charge is 2.16. The van der Waals surface area contributed by atoms with Gasteiger partial charge >= 0.3 is 0 Å². The van der Waals surface area contributed by atoms with Gasteiger partial charge in [0.25, 0.3) is 11.1 Å². The van der Waals surface area contributed by atoms with Gasteiger partial charge in [0.2, 0.25) is 0 Å². The molecular formula is C35H39Br2Cl3N2O2. The normalized spacial score (nSPS) is 10.5. The lowest BCUT2D eigenvalue weighted by molar-refractivity contribution is 0.102. The summed E-state index contributed by atoms with van der Waals surface area (Å²) in [4.78, 5) is 22.5. The third-order valence-electron chi connectivity index (χ3n) is 5.99. The number of alkyl halides is 2. The number of hydrogen-bond donors (Lipinski definition) is 2. The van der Waals surface area contributed by atoms with E-state index in [1.807, 2.05) is 42.5 Å². The number of rotatable bonds is 3. The number of anilines is 2. The Labute approximate surface area is 293 Å². The molecule has 0 bridgehead atoms. The first-order chi connectivity index (χ1) is 20.5. The van der Waals surface area contributed by atoms with E-state index in [0.717, 1.165) is 20.3 Å². The maximum Gasteiger partial charge on any atom is 0.255 e. The Bertz CT molecular complexity index is 1470. The van der Waals surface area contributed by atoms with Crippen LogP contribution in [0.25, 0.3) is 0 Å². The highest BCUT2D eigenvalue weighted by Crippen LogP contribution is 2.30. The molecule has 9 heteroatoms. The Morgan fingerprint density at radius 2 is 1.09 bits per heavy atom. The molecule has 0 spiro atoms. The first kappa shape index (κ1) is 39.7. The molecule has 0 radical (unpaired) electrons. The molecule has 44 heavy (non-hydrogen) atoms. The number of halogens is 5. The van der Waals surface area contributed by atoms with Crippen molar-refractivity contribution in [3.05, 3.63) is 128 Å². The highest BCUT2D eigenvalue weighted by atomic mass is 79.9. The number of carbonyl (C=O) groups is 2. The molecular weight excluding hydrogens is 747 g/mol. The standard InChI is InChI=1S/C17H18BrNO.C10H14BrN.C7H5ClO.CH2Cl2/c1-17(2,3)13-9-10-15(14(18)11-13)19-16(20)12-7-5-4-6-8-12;1-10(2,3)7-4-5-9(12)8(11)6-7;8-7(9)6-4-2-1-3-5-6;2-1-3/h4-11H,1-3H3,(H,19,20);4-6H,12H2,1-3H3;1-5H;1H2. The summed E-state index contributed by atoms with van der Waals surface area (Å²) < 4.78 is 1.88. The van der Waals surface area contributed by atoms with Gasteiger partial charge in [0.05, 0.1) is 11.0 Å². The topological polar surface area (TPSA) is 72.2 Å². The van der Waals surface area contributed by atoms with Crippen LogP contribution in [0, 0.1) is 0 Å². The van der Waals surface area contributed by atoms with Gasteiger partial charge in [-0.05, 0) is 102 Å². The van der Waals surface area contributed by atoms with Gasteiger partial charge in [0, 0.05) is 25.8 Å². The molecule has 4 aromatic rings. The molecule has 0 aliphatic heterocycles. The molecule has 4 nitrogen and oxygen atoms in total. The molecule has 0 atom stereocenters. The smallest absolute Gasteiger partial charge is 0.255 e. The van der Waals surface area contributed by atoms with E-state index in [1.54, 1.807) is 36.4 Å². The van der Waals surface area contributed by atoms with Gasteiger partial charge in [-0.1, -0.05) is 102 Å². The van der Waals surface area contributed by atoms with Crippen molar-refractivity contribution in [1.29, 1.82) is 0 Å². The van der Waals surface area contributed by atoms with Crippen LogP contribution in [0.5, 0.6) is 0 Å². The van der Waals surface area contributed by atoms with Crippen molar-refractivity contribution in [1.82, 2.24) is 0 Å². The van der Waals surface area contributed by atoms with Crippen LogP contribution in [-0.2, 0) is 10.8 Å². The van der Waals surface area contributed by atoms with E-state index in [1.165, 1.54) is 11.1 Å². The average Bonchev–Trinajstić information content (AvgIpc) is 2.96. The Morgan fingerprint density at radius 3 is 1.45 bits per heavy atom.